The quantitative estimate of drug-likeness (QED) is 0.757. The first-order valence-corrected chi connectivity index (χ1v) is 7.86. The molecule has 0 aliphatic heterocycles. The molecule has 21 heavy (non-hydrogen) atoms. The highest BCUT2D eigenvalue weighted by atomic mass is 35.5. The lowest BCUT2D eigenvalue weighted by molar-refractivity contribution is 0.0958. The first kappa shape index (κ1) is 14.4. The maximum absolute atomic E-state index is 12.2. The fourth-order valence-electron chi connectivity index (χ4n) is 1.99. The number of rotatable bonds is 4. The Bertz CT molecular complexity index is 783. The molecule has 0 saturated heterocycles. The highest BCUT2D eigenvalue weighted by molar-refractivity contribution is 7.21. The van der Waals surface area contributed by atoms with Crippen LogP contribution in [0.25, 0.3) is 10.1 Å². The summed E-state index contributed by atoms with van der Waals surface area (Å²) in [6, 6.07) is 5.41. The number of nitrogens with one attached hydrogen (secondary N) is 2. The van der Waals surface area contributed by atoms with Crippen molar-refractivity contribution in [3.63, 3.8) is 0 Å². The molecule has 3 rings (SSSR count). The topological polar surface area (TPSA) is 57.8 Å². The van der Waals surface area contributed by atoms with E-state index in [1.165, 1.54) is 11.3 Å². The molecule has 7 heteroatoms. The number of thiophene rings is 1. The van der Waals surface area contributed by atoms with Gasteiger partial charge < -0.3 is 10.3 Å². The largest absolute Gasteiger partial charge is 0.351 e. The van der Waals surface area contributed by atoms with Crippen LogP contribution in [-0.4, -0.2) is 22.4 Å². The zero-order valence-corrected chi connectivity index (χ0v) is 13.1. The lowest BCUT2D eigenvalue weighted by Crippen LogP contribution is -2.25. The number of H-pyrrole nitrogens is 1. The van der Waals surface area contributed by atoms with Crippen molar-refractivity contribution in [2.45, 2.75) is 6.42 Å². The number of halogens is 2. The summed E-state index contributed by atoms with van der Waals surface area (Å²) in [6.45, 7) is 0.498. The molecule has 0 radical (unpaired) electrons. The van der Waals surface area contributed by atoms with Gasteiger partial charge >= 0.3 is 0 Å². The normalized spacial score (nSPS) is 11.0. The number of imidazole rings is 1. The van der Waals surface area contributed by atoms with Crippen LogP contribution in [0, 0.1) is 0 Å². The lowest BCUT2D eigenvalue weighted by atomic mass is 10.2. The van der Waals surface area contributed by atoms with Crippen molar-refractivity contribution >= 4 is 50.5 Å². The SMILES string of the molecule is O=C(NCCc1ncc[nH]1)c1sc2cc(Cl)ccc2c1Cl. The van der Waals surface area contributed by atoms with E-state index in [4.69, 9.17) is 23.2 Å². The predicted octanol–water partition coefficient (Wildman–Crippen LogP) is 3.90. The van der Waals surface area contributed by atoms with Crippen LogP contribution in [0.5, 0.6) is 0 Å². The molecule has 1 aromatic carbocycles. The molecule has 108 valence electrons. The van der Waals surface area contributed by atoms with Crippen LogP contribution < -0.4 is 5.32 Å². The number of fused-ring (bicyclic) bond motifs is 1. The van der Waals surface area contributed by atoms with Gasteiger partial charge in [0.25, 0.3) is 5.91 Å². The number of amides is 1. The van der Waals surface area contributed by atoms with Gasteiger partial charge in [-0.3, -0.25) is 4.79 Å². The van der Waals surface area contributed by atoms with Crippen molar-refractivity contribution in [2.24, 2.45) is 0 Å². The third kappa shape index (κ3) is 3.05. The van der Waals surface area contributed by atoms with Gasteiger partial charge in [-0.25, -0.2) is 4.98 Å². The Morgan fingerprint density at radius 2 is 2.24 bits per heavy atom. The molecule has 0 fully saturated rings. The summed E-state index contributed by atoms with van der Waals surface area (Å²) in [5.74, 6) is 0.661. The van der Waals surface area contributed by atoms with Crippen LogP contribution in [0.2, 0.25) is 10.0 Å². The highest BCUT2D eigenvalue weighted by Gasteiger charge is 2.17. The molecule has 0 saturated carbocycles. The molecule has 0 spiro atoms. The molecule has 3 aromatic rings. The van der Waals surface area contributed by atoms with Crippen LogP contribution in [0.3, 0.4) is 0 Å². The maximum Gasteiger partial charge on any atom is 0.262 e. The molecule has 0 atom stereocenters. The number of aromatic nitrogens is 2. The monoisotopic (exact) mass is 339 g/mol. The van der Waals surface area contributed by atoms with Crippen LogP contribution in [0.1, 0.15) is 15.5 Å². The molecule has 0 bridgehead atoms. The van der Waals surface area contributed by atoms with Crippen LogP contribution in [-0.2, 0) is 6.42 Å². The molecule has 0 unspecified atom stereocenters. The van der Waals surface area contributed by atoms with Gasteiger partial charge in [-0.2, -0.15) is 0 Å². The number of aromatic amines is 1. The van der Waals surface area contributed by atoms with Gasteiger partial charge in [0.1, 0.15) is 10.7 Å². The first-order chi connectivity index (χ1) is 10.1. The number of carbonyl (C=O) groups excluding carboxylic acids is 1. The van der Waals surface area contributed by atoms with E-state index in [0.717, 1.165) is 15.9 Å². The molecular weight excluding hydrogens is 329 g/mol. The smallest absolute Gasteiger partial charge is 0.262 e. The lowest BCUT2D eigenvalue weighted by Gasteiger charge is -2.02. The van der Waals surface area contributed by atoms with Crippen molar-refractivity contribution in [2.75, 3.05) is 6.54 Å². The van der Waals surface area contributed by atoms with Gasteiger partial charge in [0, 0.05) is 40.5 Å². The Labute approximate surface area is 135 Å². The molecule has 1 amide bonds. The third-order valence-corrected chi connectivity index (χ3v) is 4.89. The maximum atomic E-state index is 12.2. The average molecular weight is 340 g/mol. The molecule has 2 heterocycles. The summed E-state index contributed by atoms with van der Waals surface area (Å²) in [4.78, 5) is 19.8. The third-order valence-electron chi connectivity index (χ3n) is 3.00. The minimum atomic E-state index is -0.177. The van der Waals surface area contributed by atoms with Crippen molar-refractivity contribution in [3.05, 3.63) is 51.3 Å². The Morgan fingerprint density at radius 1 is 1.38 bits per heavy atom. The van der Waals surface area contributed by atoms with Crippen LogP contribution in [0.4, 0.5) is 0 Å². The predicted molar refractivity (Wildman–Crippen MR) is 86.5 cm³/mol. The van der Waals surface area contributed by atoms with E-state index < -0.39 is 0 Å². The van der Waals surface area contributed by atoms with Crippen LogP contribution >= 0.6 is 34.5 Å². The molecule has 4 nitrogen and oxygen atoms in total. The summed E-state index contributed by atoms with van der Waals surface area (Å²) >= 11 is 13.6. The van der Waals surface area contributed by atoms with E-state index in [1.807, 2.05) is 12.1 Å². The minimum absolute atomic E-state index is 0.177. The second-order valence-corrected chi connectivity index (χ2v) is 6.29. The van der Waals surface area contributed by atoms with E-state index in [2.05, 4.69) is 15.3 Å². The summed E-state index contributed by atoms with van der Waals surface area (Å²) in [5, 5.41) is 4.80. The van der Waals surface area contributed by atoms with Gasteiger partial charge in [-0.1, -0.05) is 29.3 Å². The second-order valence-electron chi connectivity index (χ2n) is 4.43. The molecule has 2 aromatic heterocycles. The number of nitrogens with zero attached hydrogens (tertiary/aromatic N) is 1. The number of hydrogen-bond donors (Lipinski definition) is 2. The van der Waals surface area contributed by atoms with E-state index in [0.29, 0.717) is 27.9 Å². The van der Waals surface area contributed by atoms with E-state index in [1.54, 1.807) is 18.5 Å². The van der Waals surface area contributed by atoms with Crippen LogP contribution in [0.15, 0.2) is 30.6 Å². The zero-order valence-electron chi connectivity index (χ0n) is 10.8. The molecule has 2 N–H and O–H groups in total. The van der Waals surface area contributed by atoms with E-state index in [-0.39, 0.29) is 5.91 Å². The number of hydrogen-bond acceptors (Lipinski definition) is 3. The Balaban J connectivity index is 1.73. The standard InChI is InChI=1S/C14H11Cl2N3OS/c15-8-1-2-9-10(7-8)21-13(12(9)16)14(20)19-4-3-11-17-5-6-18-11/h1-2,5-7H,3-4H2,(H,17,18)(H,19,20). The summed E-state index contributed by atoms with van der Waals surface area (Å²) in [7, 11) is 0. The average Bonchev–Trinajstić information content (AvgIpc) is 3.07. The Kier molecular flexibility index (Phi) is 4.14. The molecular formula is C14H11Cl2N3OS. The summed E-state index contributed by atoms with van der Waals surface area (Å²) in [5.41, 5.74) is 0. The number of carbonyl (C=O) groups is 1. The highest BCUT2D eigenvalue weighted by Crippen LogP contribution is 2.36. The zero-order chi connectivity index (χ0) is 14.8. The minimum Gasteiger partial charge on any atom is -0.351 e. The fraction of sp³-hybridized carbons (Fsp3) is 0.143. The Hall–Kier alpha value is -1.56. The fourth-order valence-corrected chi connectivity index (χ4v) is 3.70. The van der Waals surface area contributed by atoms with Gasteiger partial charge in [-0.05, 0) is 12.1 Å². The summed E-state index contributed by atoms with van der Waals surface area (Å²) < 4.78 is 0.906. The first-order valence-electron chi connectivity index (χ1n) is 6.29. The second kappa shape index (κ2) is 6.05. The molecule has 0 aliphatic rings. The van der Waals surface area contributed by atoms with Crippen molar-refractivity contribution < 1.29 is 4.79 Å². The van der Waals surface area contributed by atoms with Crippen molar-refractivity contribution in [3.8, 4) is 0 Å². The van der Waals surface area contributed by atoms with Gasteiger partial charge in [0.2, 0.25) is 0 Å². The van der Waals surface area contributed by atoms with E-state index in [9.17, 15) is 4.79 Å². The Morgan fingerprint density at radius 3 is 3.00 bits per heavy atom. The van der Waals surface area contributed by atoms with Crippen molar-refractivity contribution in [1.29, 1.82) is 0 Å². The van der Waals surface area contributed by atoms with Crippen molar-refractivity contribution in [1.82, 2.24) is 15.3 Å². The van der Waals surface area contributed by atoms with E-state index >= 15 is 0 Å². The van der Waals surface area contributed by atoms with Gasteiger partial charge in [0.05, 0.1) is 5.02 Å². The number of benzene rings is 1. The van der Waals surface area contributed by atoms with Gasteiger partial charge in [-0.15, -0.1) is 11.3 Å². The van der Waals surface area contributed by atoms with Gasteiger partial charge in [0.15, 0.2) is 0 Å². The summed E-state index contributed by atoms with van der Waals surface area (Å²) in [6.07, 6.45) is 4.08. The molecule has 0 aliphatic carbocycles.